The molecule has 0 heterocycles. The van der Waals surface area contributed by atoms with Crippen LogP contribution < -0.4 is 0 Å². The molecule has 1 nitrogen and oxygen atoms in total. The van der Waals surface area contributed by atoms with Crippen LogP contribution in [0.4, 0.5) is 13.2 Å². The molecule has 0 amide bonds. The smallest absolute Gasteiger partial charge is 0.380 e. The second-order valence-electron chi connectivity index (χ2n) is 3.08. The molecule has 1 atom stereocenters. The van der Waals surface area contributed by atoms with Gasteiger partial charge in [0.05, 0.1) is 5.56 Å². The predicted molar refractivity (Wildman–Crippen MR) is 50.0 cm³/mol. The molecule has 0 aliphatic carbocycles. The van der Waals surface area contributed by atoms with Crippen LogP contribution in [0.5, 0.6) is 0 Å². The molecule has 0 fully saturated rings. The van der Waals surface area contributed by atoms with E-state index in [1.165, 1.54) is 12.1 Å². The van der Waals surface area contributed by atoms with Crippen molar-refractivity contribution in [1.29, 1.82) is 0 Å². The molecule has 0 saturated carbocycles. The molecule has 1 unspecified atom stereocenters. The Kier molecular flexibility index (Phi) is 3.38. The lowest BCUT2D eigenvalue weighted by Crippen LogP contribution is -2.08. The fraction of sp³-hybridized carbons (Fsp3) is 0.273. The van der Waals surface area contributed by atoms with Crippen LogP contribution in [-0.4, -0.2) is 11.2 Å². The van der Waals surface area contributed by atoms with Crippen LogP contribution in [-0.2, 0) is 12.6 Å². The average molecular weight is 214 g/mol. The number of terminal acetylenes is 1. The van der Waals surface area contributed by atoms with Crippen molar-refractivity contribution < 1.29 is 18.3 Å². The first kappa shape index (κ1) is 11.6. The summed E-state index contributed by atoms with van der Waals surface area (Å²) >= 11 is 0. The topological polar surface area (TPSA) is 20.2 Å². The van der Waals surface area contributed by atoms with Crippen LogP contribution in [0.15, 0.2) is 24.3 Å². The minimum atomic E-state index is -4.33. The first-order valence-electron chi connectivity index (χ1n) is 4.24. The van der Waals surface area contributed by atoms with E-state index in [0.717, 1.165) is 12.1 Å². The van der Waals surface area contributed by atoms with E-state index in [9.17, 15) is 13.2 Å². The zero-order valence-corrected chi connectivity index (χ0v) is 7.75. The van der Waals surface area contributed by atoms with Gasteiger partial charge < -0.3 is 5.11 Å². The fourth-order valence-electron chi connectivity index (χ4n) is 1.11. The highest BCUT2D eigenvalue weighted by Gasteiger charge is 2.29. The van der Waals surface area contributed by atoms with E-state index >= 15 is 0 Å². The second-order valence-corrected chi connectivity index (χ2v) is 3.08. The summed E-state index contributed by atoms with van der Waals surface area (Å²) in [5.41, 5.74) is -0.130. The maximum absolute atomic E-state index is 12.2. The molecule has 15 heavy (non-hydrogen) atoms. The Bertz CT molecular complexity index is 359. The molecular weight excluding hydrogens is 205 g/mol. The Hall–Kier alpha value is -1.47. The van der Waals surface area contributed by atoms with Gasteiger partial charge in [-0.1, -0.05) is 18.1 Å². The monoisotopic (exact) mass is 214 g/mol. The lowest BCUT2D eigenvalue weighted by Gasteiger charge is -2.08. The summed E-state index contributed by atoms with van der Waals surface area (Å²) in [6.45, 7) is 0. The number of hydrogen-bond donors (Lipinski definition) is 1. The van der Waals surface area contributed by atoms with Gasteiger partial charge in [-0.2, -0.15) is 13.2 Å². The molecule has 0 bridgehead atoms. The van der Waals surface area contributed by atoms with Gasteiger partial charge in [0.15, 0.2) is 0 Å². The molecule has 0 aromatic heterocycles. The van der Waals surface area contributed by atoms with E-state index in [1.54, 1.807) is 0 Å². The van der Waals surface area contributed by atoms with Crippen molar-refractivity contribution in [3.05, 3.63) is 35.4 Å². The van der Waals surface area contributed by atoms with Gasteiger partial charge in [-0.05, 0) is 17.7 Å². The number of hydrogen-bond acceptors (Lipinski definition) is 1. The van der Waals surface area contributed by atoms with Gasteiger partial charge in [-0.25, -0.2) is 0 Å². The quantitative estimate of drug-likeness (QED) is 0.748. The summed E-state index contributed by atoms with van der Waals surface area (Å²) in [6, 6.07) is 4.56. The maximum Gasteiger partial charge on any atom is 0.416 e. The number of alkyl halides is 3. The van der Waals surface area contributed by atoms with Gasteiger partial charge >= 0.3 is 6.18 Å². The highest BCUT2D eigenvalue weighted by Crippen LogP contribution is 2.29. The molecule has 4 heteroatoms. The van der Waals surface area contributed by atoms with Crippen molar-refractivity contribution in [2.45, 2.75) is 18.7 Å². The summed E-state index contributed by atoms with van der Waals surface area (Å²) in [4.78, 5) is 0. The summed E-state index contributed by atoms with van der Waals surface area (Å²) in [6.07, 6.45) is -0.186. The molecule has 1 aromatic carbocycles. The Morgan fingerprint density at radius 3 is 2.20 bits per heavy atom. The third-order valence-corrected chi connectivity index (χ3v) is 1.90. The number of aliphatic hydroxyl groups excluding tert-OH is 1. The first-order chi connectivity index (χ1) is 6.93. The SMILES string of the molecule is C#CC(O)Cc1ccc(C(F)(F)F)cc1. The molecule has 0 aliphatic rings. The van der Waals surface area contributed by atoms with Crippen molar-refractivity contribution in [2.75, 3.05) is 0 Å². The van der Waals surface area contributed by atoms with E-state index < -0.39 is 17.8 Å². The van der Waals surface area contributed by atoms with Crippen LogP contribution >= 0.6 is 0 Å². The Morgan fingerprint density at radius 1 is 1.27 bits per heavy atom. The first-order valence-corrected chi connectivity index (χ1v) is 4.24. The summed E-state index contributed by atoms with van der Waals surface area (Å²) < 4.78 is 36.5. The molecule has 1 aromatic rings. The number of benzene rings is 1. The summed E-state index contributed by atoms with van der Waals surface area (Å²) in [5, 5.41) is 9.08. The zero-order valence-electron chi connectivity index (χ0n) is 7.75. The van der Waals surface area contributed by atoms with Crippen LogP contribution in [0.2, 0.25) is 0 Å². The van der Waals surface area contributed by atoms with E-state index in [2.05, 4.69) is 5.92 Å². The van der Waals surface area contributed by atoms with E-state index in [0.29, 0.717) is 5.56 Å². The molecule has 0 radical (unpaired) electrons. The third-order valence-electron chi connectivity index (χ3n) is 1.90. The number of aliphatic hydroxyl groups is 1. The van der Waals surface area contributed by atoms with E-state index in [-0.39, 0.29) is 6.42 Å². The van der Waals surface area contributed by atoms with Crippen LogP contribution in [0.1, 0.15) is 11.1 Å². The molecule has 80 valence electrons. The average Bonchev–Trinajstić information content (AvgIpc) is 2.17. The van der Waals surface area contributed by atoms with Crippen LogP contribution in [0, 0.1) is 12.3 Å². The Morgan fingerprint density at radius 2 is 1.80 bits per heavy atom. The Labute approximate surface area is 85.5 Å². The van der Waals surface area contributed by atoms with Gasteiger partial charge in [0.2, 0.25) is 0 Å². The highest BCUT2D eigenvalue weighted by molar-refractivity contribution is 5.25. The molecular formula is C11H9F3O. The fourth-order valence-corrected chi connectivity index (χ4v) is 1.11. The molecule has 1 N–H and O–H groups in total. The van der Waals surface area contributed by atoms with Gasteiger partial charge in [0, 0.05) is 6.42 Å². The second kappa shape index (κ2) is 4.37. The summed E-state index contributed by atoms with van der Waals surface area (Å²) in [5.74, 6) is 2.09. The highest BCUT2D eigenvalue weighted by atomic mass is 19.4. The summed E-state index contributed by atoms with van der Waals surface area (Å²) in [7, 11) is 0. The van der Waals surface area contributed by atoms with Crippen molar-refractivity contribution in [2.24, 2.45) is 0 Å². The molecule has 0 aliphatic heterocycles. The predicted octanol–water partition coefficient (Wildman–Crippen LogP) is 2.24. The molecule has 0 saturated heterocycles. The standard InChI is InChI=1S/C11H9F3O/c1-2-10(15)7-8-3-5-9(6-4-8)11(12,13)14/h1,3-6,10,15H,7H2. The van der Waals surface area contributed by atoms with Crippen molar-refractivity contribution >= 4 is 0 Å². The lowest BCUT2D eigenvalue weighted by atomic mass is 10.1. The minimum absolute atomic E-state index is 0.161. The number of rotatable bonds is 2. The normalized spacial score (nSPS) is 13.3. The van der Waals surface area contributed by atoms with Crippen molar-refractivity contribution in [3.8, 4) is 12.3 Å². The van der Waals surface area contributed by atoms with Crippen LogP contribution in [0.3, 0.4) is 0 Å². The lowest BCUT2D eigenvalue weighted by molar-refractivity contribution is -0.137. The molecule has 1 rings (SSSR count). The maximum atomic E-state index is 12.2. The van der Waals surface area contributed by atoms with Gasteiger partial charge in [-0.3, -0.25) is 0 Å². The van der Waals surface area contributed by atoms with Crippen molar-refractivity contribution in [1.82, 2.24) is 0 Å². The largest absolute Gasteiger partial charge is 0.416 e. The third kappa shape index (κ3) is 3.30. The van der Waals surface area contributed by atoms with Gasteiger partial charge in [0.25, 0.3) is 0 Å². The van der Waals surface area contributed by atoms with E-state index in [4.69, 9.17) is 11.5 Å². The van der Waals surface area contributed by atoms with E-state index in [1.807, 2.05) is 0 Å². The molecule has 0 spiro atoms. The van der Waals surface area contributed by atoms with Gasteiger partial charge in [-0.15, -0.1) is 6.42 Å². The van der Waals surface area contributed by atoms with Crippen molar-refractivity contribution in [3.63, 3.8) is 0 Å². The van der Waals surface area contributed by atoms with Gasteiger partial charge in [0.1, 0.15) is 6.10 Å². The number of halogens is 3. The minimum Gasteiger partial charge on any atom is -0.380 e. The Balaban J connectivity index is 2.78. The van der Waals surface area contributed by atoms with Crippen LogP contribution in [0.25, 0.3) is 0 Å². The zero-order chi connectivity index (χ0) is 11.5.